The number of rotatable bonds is 8. The fourth-order valence-electron chi connectivity index (χ4n) is 3.51. The SMILES string of the molecule is O=C(NC(CCCc1ccccc1)C(=O)Nc1cccc2cnccc12)c1cccs1. The molecule has 2 heterocycles. The molecule has 2 amide bonds. The van der Waals surface area contributed by atoms with E-state index in [9.17, 15) is 9.59 Å². The highest BCUT2D eigenvalue weighted by molar-refractivity contribution is 7.12. The van der Waals surface area contributed by atoms with E-state index in [2.05, 4.69) is 27.8 Å². The van der Waals surface area contributed by atoms with Gasteiger partial charge in [-0.3, -0.25) is 14.6 Å². The van der Waals surface area contributed by atoms with E-state index in [0.29, 0.717) is 17.0 Å². The predicted octanol–water partition coefficient (Wildman–Crippen LogP) is 5.06. The molecule has 0 saturated carbocycles. The van der Waals surface area contributed by atoms with Crippen molar-refractivity contribution in [2.45, 2.75) is 25.3 Å². The second kappa shape index (κ2) is 10.00. The number of nitrogens with one attached hydrogen (secondary N) is 2. The first kappa shape index (κ1) is 20.8. The molecule has 31 heavy (non-hydrogen) atoms. The van der Waals surface area contributed by atoms with Crippen molar-refractivity contribution in [3.05, 3.63) is 94.9 Å². The third-order valence-corrected chi connectivity index (χ3v) is 5.98. The van der Waals surface area contributed by atoms with E-state index in [-0.39, 0.29) is 11.8 Å². The summed E-state index contributed by atoms with van der Waals surface area (Å²) < 4.78 is 0. The molecular weight excluding hydrogens is 406 g/mol. The average molecular weight is 430 g/mol. The van der Waals surface area contributed by atoms with E-state index in [1.807, 2.05) is 53.9 Å². The van der Waals surface area contributed by atoms with Crippen LogP contribution in [-0.2, 0) is 11.2 Å². The molecule has 0 bridgehead atoms. The van der Waals surface area contributed by atoms with Gasteiger partial charge in [0.25, 0.3) is 5.91 Å². The molecule has 4 aromatic rings. The summed E-state index contributed by atoms with van der Waals surface area (Å²) >= 11 is 1.36. The second-order valence-corrected chi connectivity index (χ2v) is 8.22. The minimum Gasteiger partial charge on any atom is -0.340 e. The Morgan fingerprint density at radius 2 is 1.84 bits per heavy atom. The van der Waals surface area contributed by atoms with Gasteiger partial charge in [-0.2, -0.15) is 0 Å². The zero-order chi connectivity index (χ0) is 21.5. The minimum absolute atomic E-state index is 0.220. The van der Waals surface area contributed by atoms with Crippen LogP contribution in [-0.4, -0.2) is 22.8 Å². The number of aryl methyl sites for hydroxylation is 1. The maximum atomic E-state index is 13.2. The van der Waals surface area contributed by atoms with Crippen LogP contribution in [0.2, 0.25) is 0 Å². The van der Waals surface area contributed by atoms with Gasteiger partial charge in [0.1, 0.15) is 6.04 Å². The Balaban J connectivity index is 1.49. The zero-order valence-electron chi connectivity index (χ0n) is 17.0. The Labute approximate surface area is 185 Å². The summed E-state index contributed by atoms with van der Waals surface area (Å²) in [6, 6.07) is 20.7. The van der Waals surface area contributed by atoms with Crippen molar-refractivity contribution in [3.8, 4) is 0 Å². The number of benzene rings is 2. The normalized spacial score (nSPS) is 11.7. The highest BCUT2D eigenvalue weighted by atomic mass is 32.1. The first-order valence-electron chi connectivity index (χ1n) is 10.2. The number of hydrogen-bond donors (Lipinski definition) is 2. The largest absolute Gasteiger partial charge is 0.340 e. The van der Waals surface area contributed by atoms with Crippen LogP contribution < -0.4 is 10.6 Å². The summed E-state index contributed by atoms with van der Waals surface area (Å²) in [5, 5.41) is 9.64. The van der Waals surface area contributed by atoms with Crippen molar-refractivity contribution >= 4 is 39.6 Å². The standard InChI is InChI=1S/C25H23N3O2S/c29-24(27-21-11-5-10-19-17-26-15-14-20(19)21)22(28-25(30)23-13-6-16-31-23)12-4-9-18-7-2-1-3-8-18/h1-3,5-8,10-11,13-17,22H,4,9,12H2,(H,27,29)(H,28,30). The lowest BCUT2D eigenvalue weighted by Crippen LogP contribution is -2.43. The van der Waals surface area contributed by atoms with Crippen molar-refractivity contribution in [3.63, 3.8) is 0 Å². The number of hydrogen-bond acceptors (Lipinski definition) is 4. The monoisotopic (exact) mass is 429 g/mol. The zero-order valence-corrected chi connectivity index (χ0v) is 17.8. The second-order valence-electron chi connectivity index (χ2n) is 7.27. The highest BCUT2D eigenvalue weighted by Crippen LogP contribution is 2.22. The molecule has 0 radical (unpaired) electrons. The van der Waals surface area contributed by atoms with Gasteiger partial charge in [0.2, 0.25) is 5.91 Å². The van der Waals surface area contributed by atoms with Gasteiger partial charge in [-0.05, 0) is 48.4 Å². The van der Waals surface area contributed by atoms with Crippen LogP contribution in [0.25, 0.3) is 10.8 Å². The molecule has 0 aliphatic heterocycles. The molecule has 0 aliphatic rings. The van der Waals surface area contributed by atoms with Crippen LogP contribution in [0.4, 0.5) is 5.69 Å². The van der Waals surface area contributed by atoms with Crippen molar-refractivity contribution in [1.29, 1.82) is 0 Å². The van der Waals surface area contributed by atoms with Gasteiger partial charge in [0.15, 0.2) is 0 Å². The highest BCUT2D eigenvalue weighted by Gasteiger charge is 2.22. The molecule has 1 atom stereocenters. The van der Waals surface area contributed by atoms with E-state index in [0.717, 1.165) is 23.6 Å². The molecule has 6 heteroatoms. The predicted molar refractivity (Wildman–Crippen MR) is 125 cm³/mol. The molecule has 0 saturated heterocycles. The van der Waals surface area contributed by atoms with E-state index in [1.165, 1.54) is 16.9 Å². The summed E-state index contributed by atoms with van der Waals surface area (Å²) in [4.78, 5) is 30.5. The molecule has 1 unspecified atom stereocenters. The number of pyridine rings is 1. The number of nitrogens with zero attached hydrogens (tertiary/aromatic N) is 1. The number of anilines is 1. The average Bonchev–Trinajstić information content (AvgIpc) is 3.34. The van der Waals surface area contributed by atoms with E-state index in [1.54, 1.807) is 18.5 Å². The van der Waals surface area contributed by atoms with Crippen LogP contribution in [0.3, 0.4) is 0 Å². The maximum Gasteiger partial charge on any atom is 0.261 e. The van der Waals surface area contributed by atoms with Crippen molar-refractivity contribution in [2.24, 2.45) is 0 Å². The van der Waals surface area contributed by atoms with Crippen molar-refractivity contribution in [2.75, 3.05) is 5.32 Å². The van der Waals surface area contributed by atoms with Gasteiger partial charge in [0, 0.05) is 28.9 Å². The number of aromatic nitrogens is 1. The summed E-state index contributed by atoms with van der Waals surface area (Å²) in [5.74, 6) is -0.445. The van der Waals surface area contributed by atoms with Crippen molar-refractivity contribution in [1.82, 2.24) is 10.3 Å². The van der Waals surface area contributed by atoms with Crippen LogP contribution in [0, 0.1) is 0 Å². The van der Waals surface area contributed by atoms with Gasteiger partial charge in [-0.25, -0.2) is 0 Å². The molecule has 2 aromatic carbocycles. The van der Waals surface area contributed by atoms with Crippen LogP contribution >= 0.6 is 11.3 Å². The molecule has 0 aliphatic carbocycles. The lowest BCUT2D eigenvalue weighted by Gasteiger charge is -2.19. The van der Waals surface area contributed by atoms with Crippen LogP contribution in [0.5, 0.6) is 0 Å². The minimum atomic E-state index is -0.629. The molecule has 156 valence electrons. The summed E-state index contributed by atoms with van der Waals surface area (Å²) in [5.41, 5.74) is 1.93. The Hall–Kier alpha value is -3.51. The van der Waals surface area contributed by atoms with Gasteiger partial charge in [-0.1, -0.05) is 48.5 Å². The number of amides is 2. The van der Waals surface area contributed by atoms with Crippen LogP contribution in [0.15, 0.2) is 84.5 Å². The third kappa shape index (κ3) is 5.35. The molecule has 4 rings (SSSR count). The number of fused-ring (bicyclic) bond motifs is 1. The Morgan fingerprint density at radius 3 is 2.65 bits per heavy atom. The number of thiophene rings is 1. The first-order valence-corrected chi connectivity index (χ1v) is 11.1. The topological polar surface area (TPSA) is 71.1 Å². The lowest BCUT2D eigenvalue weighted by atomic mass is 10.0. The first-order chi connectivity index (χ1) is 15.2. The van der Waals surface area contributed by atoms with Gasteiger partial charge >= 0.3 is 0 Å². The third-order valence-electron chi connectivity index (χ3n) is 5.11. The Bertz CT molecular complexity index is 1150. The Kier molecular flexibility index (Phi) is 6.69. The molecule has 2 N–H and O–H groups in total. The van der Waals surface area contributed by atoms with E-state index < -0.39 is 6.04 Å². The summed E-state index contributed by atoms with van der Waals surface area (Å²) in [7, 11) is 0. The van der Waals surface area contributed by atoms with E-state index >= 15 is 0 Å². The summed E-state index contributed by atoms with van der Waals surface area (Å²) in [6.45, 7) is 0. The lowest BCUT2D eigenvalue weighted by molar-refractivity contribution is -0.118. The summed E-state index contributed by atoms with van der Waals surface area (Å²) in [6.07, 6.45) is 5.64. The maximum absolute atomic E-state index is 13.2. The van der Waals surface area contributed by atoms with Crippen LogP contribution in [0.1, 0.15) is 28.1 Å². The number of carbonyl (C=O) groups is 2. The van der Waals surface area contributed by atoms with Gasteiger partial charge in [0.05, 0.1) is 4.88 Å². The van der Waals surface area contributed by atoms with Gasteiger partial charge < -0.3 is 10.6 Å². The van der Waals surface area contributed by atoms with E-state index in [4.69, 9.17) is 0 Å². The molecule has 5 nitrogen and oxygen atoms in total. The molecule has 2 aromatic heterocycles. The number of carbonyl (C=O) groups excluding carboxylic acids is 2. The smallest absolute Gasteiger partial charge is 0.261 e. The fraction of sp³-hybridized carbons (Fsp3) is 0.160. The molecular formula is C25H23N3O2S. The quantitative estimate of drug-likeness (QED) is 0.411. The van der Waals surface area contributed by atoms with Gasteiger partial charge in [-0.15, -0.1) is 11.3 Å². The molecule has 0 fully saturated rings. The fourth-order valence-corrected chi connectivity index (χ4v) is 4.14. The Morgan fingerprint density at radius 1 is 0.968 bits per heavy atom. The molecule has 0 spiro atoms. The van der Waals surface area contributed by atoms with Crippen molar-refractivity contribution < 1.29 is 9.59 Å².